The second-order valence-electron chi connectivity index (χ2n) is 5.45. The molecule has 0 unspecified atom stereocenters. The summed E-state index contributed by atoms with van der Waals surface area (Å²) in [5, 5.41) is 1.82. The molecule has 2 aromatic carbocycles. The summed E-state index contributed by atoms with van der Waals surface area (Å²) in [6, 6.07) is 7.50. The zero-order chi connectivity index (χ0) is 20.2. The lowest BCUT2D eigenvalue weighted by Crippen LogP contribution is -2.21. The number of carbonyl (C=O) groups is 2. The molecule has 9 heteroatoms. The van der Waals surface area contributed by atoms with Crippen LogP contribution in [0.15, 0.2) is 36.4 Å². The first kappa shape index (κ1) is 20.6. The number of halogens is 4. The minimum Gasteiger partial charge on any atom is -0.497 e. The van der Waals surface area contributed by atoms with Gasteiger partial charge in [-0.25, -0.2) is 0 Å². The van der Waals surface area contributed by atoms with Gasteiger partial charge in [0, 0.05) is 11.8 Å². The van der Waals surface area contributed by atoms with E-state index in [0.29, 0.717) is 5.75 Å². The van der Waals surface area contributed by atoms with E-state index >= 15 is 0 Å². The van der Waals surface area contributed by atoms with Crippen molar-refractivity contribution in [1.29, 1.82) is 0 Å². The number of Topliss-reactive ketones (excluding diaryl/α,β-unsaturated/α-hetero) is 1. The fraction of sp³-hybridized carbons (Fsp3) is 0.222. The van der Waals surface area contributed by atoms with Crippen LogP contribution in [0.5, 0.6) is 11.5 Å². The quantitative estimate of drug-likeness (QED) is 0.719. The van der Waals surface area contributed by atoms with Crippen LogP contribution in [0.2, 0.25) is 5.02 Å². The fourth-order valence-electron chi connectivity index (χ4n) is 2.20. The summed E-state index contributed by atoms with van der Waals surface area (Å²) in [5.41, 5.74) is -0.901. The van der Waals surface area contributed by atoms with Crippen LogP contribution in [0.4, 0.5) is 18.9 Å². The minimum atomic E-state index is -4.65. The molecule has 2 rings (SSSR count). The highest BCUT2D eigenvalue weighted by Crippen LogP contribution is 2.36. The highest BCUT2D eigenvalue weighted by molar-refractivity contribution is 6.31. The normalized spacial score (nSPS) is 11.0. The van der Waals surface area contributed by atoms with Crippen LogP contribution < -0.4 is 14.8 Å². The Morgan fingerprint density at radius 3 is 2.44 bits per heavy atom. The number of anilines is 1. The smallest absolute Gasteiger partial charge is 0.417 e. The number of rotatable bonds is 6. The van der Waals surface area contributed by atoms with Crippen molar-refractivity contribution < 1.29 is 32.2 Å². The molecule has 0 spiro atoms. The van der Waals surface area contributed by atoms with Gasteiger partial charge < -0.3 is 14.8 Å². The van der Waals surface area contributed by atoms with Crippen molar-refractivity contribution in [2.24, 2.45) is 0 Å². The molecule has 144 valence electrons. The van der Waals surface area contributed by atoms with Gasteiger partial charge in [-0.3, -0.25) is 9.59 Å². The minimum absolute atomic E-state index is 0.0854. The molecule has 0 aromatic heterocycles. The first-order valence-electron chi connectivity index (χ1n) is 7.60. The van der Waals surface area contributed by atoms with Crippen LogP contribution in [0.1, 0.15) is 22.8 Å². The second kappa shape index (κ2) is 8.30. The highest BCUT2D eigenvalue weighted by atomic mass is 35.5. The molecule has 0 fully saturated rings. The zero-order valence-corrected chi connectivity index (χ0v) is 15.1. The van der Waals surface area contributed by atoms with Crippen LogP contribution in [-0.4, -0.2) is 25.4 Å². The Morgan fingerprint density at radius 1 is 1.15 bits per heavy atom. The van der Waals surface area contributed by atoms with E-state index < -0.39 is 29.3 Å². The fourth-order valence-corrected chi connectivity index (χ4v) is 2.43. The third-order valence-corrected chi connectivity index (χ3v) is 3.81. The van der Waals surface area contributed by atoms with E-state index in [4.69, 9.17) is 21.1 Å². The van der Waals surface area contributed by atoms with Crippen molar-refractivity contribution >= 4 is 29.0 Å². The summed E-state index contributed by atoms with van der Waals surface area (Å²) in [7, 11) is 1.43. The molecule has 5 nitrogen and oxygen atoms in total. The maximum atomic E-state index is 12.9. The topological polar surface area (TPSA) is 64.6 Å². The van der Waals surface area contributed by atoms with E-state index in [1.165, 1.54) is 32.2 Å². The van der Waals surface area contributed by atoms with Gasteiger partial charge in [0.1, 0.15) is 11.5 Å². The van der Waals surface area contributed by atoms with Gasteiger partial charge in [0.2, 0.25) is 0 Å². The van der Waals surface area contributed by atoms with Gasteiger partial charge in [0.05, 0.1) is 23.3 Å². The predicted molar refractivity (Wildman–Crippen MR) is 93.6 cm³/mol. The largest absolute Gasteiger partial charge is 0.497 e. The Hall–Kier alpha value is -2.74. The van der Waals surface area contributed by atoms with Gasteiger partial charge in [-0.05, 0) is 37.3 Å². The molecular weight excluding hydrogens is 387 g/mol. The van der Waals surface area contributed by atoms with Crippen molar-refractivity contribution in [1.82, 2.24) is 0 Å². The van der Waals surface area contributed by atoms with E-state index in [9.17, 15) is 22.8 Å². The van der Waals surface area contributed by atoms with Crippen LogP contribution in [0.25, 0.3) is 0 Å². The Bertz CT molecular complexity index is 868. The molecule has 0 aliphatic carbocycles. The molecule has 27 heavy (non-hydrogen) atoms. The molecule has 1 amide bonds. The summed E-state index contributed by atoms with van der Waals surface area (Å²) in [4.78, 5) is 23.6. The third kappa shape index (κ3) is 5.37. The molecular formula is C18H15ClF3NO4. The van der Waals surface area contributed by atoms with Crippen molar-refractivity contribution in [3.63, 3.8) is 0 Å². The second-order valence-corrected chi connectivity index (χ2v) is 5.85. The summed E-state index contributed by atoms with van der Waals surface area (Å²) in [6.45, 7) is 0.818. The zero-order valence-electron chi connectivity index (χ0n) is 14.3. The Morgan fingerprint density at radius 2 is 1.85 bits per heavy atom. The number of amides is 1. The number of methoxy groups -OCH3 is 1. The molecule has 0 saturated carbocycles. The third-order valence-electron chi connectivity index (χ3n) is 3.48. The van der Waals surface area contributed by atoms with Gasteiger partial charge in [-0.15, -0.1) is 0 Å². The molecule has 1 N–H and O–H groups in total. The number of carbonyl (C=O) groups excluding carboxylic acids is 2. The maximum Gasteiger partial charge on any atom is 0.417 e. The Labute approximate surface area is 158 Å². The number of nitrogens with one attached hydrogen (secondary N) is 1. The molecule has 0 heterocycles. The number of hydrogen-bond acceptors (Lipinski definition) is 4. The average molecular weight is 402 g/mol. The number of alkyl halides is 3. The lowest BCUT2D eigenvalue weighted by atomic mass is 10.1. The number of benzene rings is 2. The van der Waals surface area contributed by atoms with E-state index in [1.807, 2.05) is 0 Å². The van der Waals surface area contributed by atoms with Crippen LogP contribution >= 0.6 is 11.6 Å². The van der Waals surface area contributed by atoms with E-state index in [-0.39, 0.29) is 22.8 Å². The van der Waals surface area contributed by atoms with E-state index in [0.717, 1.165) is 12.1 Å². The molecule has 0 aliphatic rings. The average Bonchev–Trinajstić information content (AvgIpc) is 2.60. The summed E-state index contributed by atoms with van der Waals surface area (Å²) in [5.74, 6) is -0.435. The molecule has 0 saturated heterocycles. The molecule has 2 aromatic rings. The van der Waals surface area contributed by atoms with Gasteiger partial charge in [-0.1, -0.05) is 11.6 Å². The van der Waals surface area contributed by atoms with Crippen LogP contribution in [-0.2, 0) is 11.0 Å². The number of ether oxygens (including phenoxy) is 2. The van der Waals surface area contributed by atoms with Crippen molar-refractivity contribution in [2.75, 3.05) is 19.0 Å². The van der Waals surface area contributed by atoms with E-state index in [1.54, 1.807) is 6.07 Å². The Balaban J connectivity index is 2.10. The SMILES string of the molecule is COc1ccc(C(C)=O)c(OCC(=O)Nc2ccc(Cl)c(C(F)(F)F)c2)c1. The van der Waals surface area contributed by atoms with Gasteiger partial charge in [-0.2, -0.15) is 13.2 Å². The number of ketones is 1. The number of hydrogen-bond donors (Lipinski definition) is 1. The molecule has 0 aliphatic heterocycles. The summed E-state index contributed by atoms with van der Waals surface area (Å²) < 4.78 is 49.0. The lowest BCUT2D eigenvalue weighted by Gasteiger charge is -2.13. The van der Waals surface area contributed by atoms with Crippen LogP contribution in [0, 0.1) is 0 Å². The monoisotopic (exact) mass is 401 g/mol. The summed E-state index contributed by atoms with van der Waals surface area (Å²) in [6.07, 6.45) is -4.65. The molecule has 0 atom stereocenters. The standard InChI is InChI=1S/C18H15ClF3NO4/c1-10(24)13-5-4-12(26-2)8-16(13)27-9-17(25)23-11-3-6-15(19)14(7-11)18(20,21)22/h3-8H,9H2,1-2H3,(H,23,25). The van der Waals surface area contributed by atoms with Crippen molar-refractivity contribution in [3.05, 3.63) is 52.5 Å². The van der Waals surface area contributed by atoms with Gasteiger partial charge >= 0.3 is 6.18 Å². The van der Waals surface area contributed by atoms with Crippen molar-refractivity contribution in [2.45, 2.75) is 13.1 Å². The first-order chi connectivity index (χ1) is 12.6. The first-order valence-corrected chi connectivity index (χ1v) is 7.98. The van der Waals surface area contributed by atoms with Gasteiger partial charge in [0.15, 0.2) is 12.4 Å². The lowest BCUT2D eigenvalue weighted by molar-refractivity contribution is -0.137. The molecule has 0 bridgehead atoms. The Kier molecular flexibility index (Phi) is 6.32. The predicted octanol–water partition coefficient (Wildman–Crippen LogP) is 4.59. The highest BCUT2D eigenvalue weighted by Gasteiger charge is 2.33. The van der Waals surface area contributed by atoms with Crippen molar-refractivity contribution in [3.8, 4) is 11.5 Å². The molecule has 0 radical (unpaired) electrons. The van der Waals surface area contributed by atoms with Gasteiger partial charge in [0.25, 0.3) is 5.91 Å². The maximum absolute atomic E-state index is 12.9. The van der Waals surface area contributed by atoms with Crippen LogP contribution in [0.3, 0.4) is 0 Å². The van der Waals surface area contributed by atoms with E-state index in [2.05, 4.69) is 5.32 Å². The summed E-state index contributed by atoms with van der Waals surface area (Å²) >= 11 is 5.53.